The molecule has 2 aromatic heterocycles. The van der Waals surface area contributed by atoms with E-state index in [1.807, 2.05) is 22.1 Å². The van der Waals surface area contributed by atoms with Crippen LogP contribution in [0.5, 0.6) is 11.5 Å². The van der Waals surface area contributed by atoms with Gasteiger partial charge in [-0.25, -0.2) is 13.0 Å². The fourth-order valence-electron chi connectivity index (χ4n) is 5.53. The minimum atomic E-state index is -3.54. The highest BCUT2D eigenvalue weighted by Crippen LogP contribution is 2.51. The van der Waals surface area contributed by atoms with Crippen molar-refractivity contribution < 1.29 is 43.0 Å². The van der Waals surface area contributed by atoms with Crippen LogP contribution < -0.4 is 9.67 Å². The number of hydrogen-bond acceptors (Lipinski definition) is 10. The normalized spacial score (nSPS) is 21.9. The summed E-state index contributed by atoms with van der Waals surface area (Å²) in [6, 6.07) is 3.47. The summed E-state index contributed by atoms with van der Waals surface area (Å²) in [6.07, 6.45) is 4.48. The minimum absolute atomic E-state index is 0.159. The van der Waals surface area contributed by atoms with Crippen LogP contribution in [-0.2, 0) is 31.7 Å². The molecule has 14 heteroatoms. The third-order valence-electron chi connectivity index (χ3n) is 7.30. The van der Waals surface area contributed by atoms with Crippen LogP contribution in [0.2, 0.25) is 0 Å². The van der Waals surface area contributed by atoms with E-state index in [1.54, 1.807) is 12.5 Å². The van der Waals surface area contributed by atoms with Crippen molar-refractivity contribution in [1.29, 1.82) is 0 Å². The zero-order chi connectivity index (χ0) is 28.4. The fraction of sp³-hybridized carbons (Fsp3) is 0.400. The van der Waals surface area contributed by atoms with Gasteiger partial charge < -0.3 is 30.1 Å². The number of phenolic OH excluding ortho intramolecular Hbond substituents is 2. The number of fused-ring (bicyclic) bond motifs is 2. The lowest BCUT2D eigenvalue weighted by Gasteiger charge is -2.47. The number of aliphatic hydroxyl groups excluding tert-OH is 1. The molecule has 0 unspecified atom stereocenters. The number of hydrogen-bond donors (Lipinski definition) is 3. The van der Waals surface area contributed by atoms with Crippen molar-refractivity contribution in [3.05, 3.63) is 46.9 Å². The molecule has 1 saturated heterocycles. The summed E-state index contributed by atoms with van der Waals surface area (Å²) in [5, 5.41) is 42.1. The number of carbonyl (C=O) groups is 2. The highest BCUT2D eigenvalue weighted by molar-refractivity contribution is 7.98. The number of aromatic nitrogens is 2. The number of thioether (sulfide) groups is 1. The number of carboxylic acids is 1. The number of imidazole rings is 1. The Morgan fingerprint density at radius 3 is 2.62 bits per heavy atom. The second kappa shape index (κ2) is 9.84. The van der Waals surface area contributed by atoms with E-state index >= 15 is 0 Å². The van der Waals surface area contributed by atoms with Crippen LogP contribution in [-0.4, -0.2) is 69.1 Å². The number of nitrogens with zero attached hydrogens (tertiary/aromatic N) is 3. The molecule has 2 aliphatic rings. The zero-order valence-corrected chi connectivity index (χ0v) is 23.7. The Morgan fingerprint density at radius 1 is 1.28 bits per heavy atom. The third-order valence-corrected chi connectivity index (χ3v) is 11.0. The molecule has 5 rings (SSSR count). The van der Waals surface area contributed by atoms with Crippen LogP contribution in [0, 0.1) is 11.8 Å². The van der Waals surface area contributed by atoms with E-state index in [2.05, 4.69) is 0 Å². The highest BCUT2D eigenvalue weighted by atomic mass is 32.2. The van der Waals surface area contributed by atoms with Crippen molar-refractivity contribution in [2.75, 3.05) is 12.0 Å². The summed E-state index contributed by atoms with van der Waals surface area (Å²) in [5.41, 5.74) is 0.693. The smallest absolute Gasteiger partial charge is 0.250 e. The highest BCUT2D eigenvalue weighted by Gasteiger charge is 2.59. The second-order valence-corrected chi connectivity index (χ2v) is 13.9. The average molecular weight is 594 g/mol. The van der Waals surface area contributed by atoms with E-state index in [0.717, 1.165) is 9.86 Å². The fourth-order valence-corrected chi connectivity index (χ4v) is 9.04. The Hall–Kier alpha value is -3.07. The molecule has 1 aromatic carbocycles. The van der Waals surface area contributed by atoms with Gasteiger partial charge in [0, 0.05) is 11.5 Å². The maximum absolute atomic E-state index is 12.8. The molecular weight excluding hydrogens is 566 g/mol. The number of aliphatic carboxylic acids is 1. The van der Waals surface area contributed by atoms with Gasteiger partial charge in [-0.2, -0.15) is 4.40 Å². The van der Waals surface area contributed by atoms with Crippen molar-refractivity contribution in [3.8, 4) is 11.5 Å². The molecule has 0 bridgehead atoms. The number of aliphatic hydroxyl groups is 1. The maximum Gasteiger partial charge on any atom is 0.250 e. The molecule has 0 aliphatic carbocycles. The third kappa shape index (κ3) is 4.58. The number of carbonyl (C=O) groups excluding carboxylic acids is 2. The largest absolute Gasteiger partial charge is 0.543 e. The molecule has 2 aliphatic heterocycles. The Kier molecular flexibility index (Phi) is 6.94. The van der Waals surface area contributed by atoms with Gasteiger partial charge in [-0.3, -0.25) is 4.79 Å². The van der Waals surface area contributed by atoms with E-state index < -0.39 is 39.8 Å². The first kappa shape index (κ1) is 27.5. The van der Waals surface area contributed by atoms with Crippen molar-refractivity contribution >= 4 is 55.2 Å². The van der Waals surface area contributed by atoms with Crippen LogP contribution >= 0.6 is 23.1 Å². The lowest BCUT2D eigenvalue weighted by molar-refractivity contribution is -0.725. The number of rotatable bonds is 9. The van der Waals surface area contributed by atoms with E-state index in [1.165, 1.54) is 53.1 Å². The van der Waals surface area contributed by atoms with Gasteiger partial charge in [0.25, 0.3) is 6.33 Å². The van der Waals surface area contributed by atoms with Crippen LogP contribution in [0.15, 0.2) is 41.4 Å². The number of β-lactam (4-membered cyclic amide) rings is 1. The molecule has 4 atom stereocenters. The Bertz CT molecular complexity index is 1640. The van der Waals surface area contributed by atoms with E-state index in [-0.39, 0.29) is 41.2 Å². The van der Waals surface area contributed by atoms with Gasteiger partial charge in [-0.15, -0.1) is 0 Å². The summed E-state index contributed by atoms with van der Waals surface area (Å²) in [6.45, 7) is 3.54. The standard InChI is InChI=1S/C25H27N3O8S3/c1-12-18(21(25(33)34)28-20(12)19(13(2)29)22(28)32)17-9-27-11-26(23(37-3)24(27)38-17)6-7-39(35,36)10-14-4-5-15(30)16(31)8-14/h4-5,8-9,11-13,19-20,29H,6-7,10H2,1-3H3,(H2-,30,31,33,34)/t12-,13+,19+,20+/m0/s1. The first-order chi connectivity index (χ1) is 18.3. The van der Waals surface area contributed by atoms with Gasteiger partial charge in [0.1, 0.15) is 12.7 Å². The van der Waals surface area contributed by atoms with Gasteiger partial charge >= 0.3 is 0 Å². The molecule has 3 N–H and O–H groups in total. The van der Waals surface area contributed by atoms with Gasteiger partial charge in [0.15, 0.2) is 21.3 Å². The number of sulfone groups is 1. The molecule has 0 spiro atoms. The van der Waals surface area contributed by atoms with Gasteiger partial charge in [0.2, 0.25) is 15.8 Å². The lowest BCUT2D eigenvalue weighted by atomic mass is 9.77. The molecular formula is C25H27N3O8S3. The first-order valence-electron chi connectivity index (χ1n) is 12.1. The lowest BCUT2D eigenvalue weighted by Crippen LogP contribution is -2.64. The number of carboxylic acid groups (broad SMARTS) is 1. The minimum Gasteiger partial charge on any atom is -0.543 e. The molecule has 3 aromatic rings. The van der Waals surface area contributed by atoms with E-state index in [4.69, 9.17) is 0 Å². The molecule has 0 radical (unpaired) electrons. The summed E-state index contributed by atoms with van der Waals surface area (Å²) in [7, 11) is -3.54. The first-order valence-corrected chi connectivity index (χ1v) is 16.0. The summed E-state index contributed by atoms with van der Waals surface area (Å²) in [4.78, 5) is 27.4. The quantitative estimate of drug-likeness (QED) is 0.138. The Balaban J connectivity index is 1.41. The summed E-state index contributed by atoms with van der Waals surface area (Å²) >= 11 is 2.77. The van der Waals surface area contributed by atoms with Crippen molar-refractivity contribution in [1.82, 2.24) is 9.30 Å². The van der Waals surface area contributed by atoms with Crippen LogP contribution in [0.25, 0.3) is 10.4 Å². The average Bonchev–Trinajstić information content (AvgIpc) is 3.46. The number of aromatic hydroxyl groups is 2. The number of benzene rings is 1. The molecule has 1 amide bonds. The SMILES string of the molecule is CSc1c2sc(C3=C(C(=O)[O-])N4C(=O)[C@H]([C@@H](C)O)[C@H]4[C@H]3C)cn2c[n+]1CCS(=O)(=O)Cc1ccc(O)c(O)c1. The molecule has 0 saturated carbocycles. The van der Waals surface area contributed by atoms with Crippen molar-refractivity contribution in [2.45, 2.75) is 43.3 Å². The number of amides is 1. The molecule has 1 fully saturated rings. The monoisotopic (exact) mass is 593 g/mol. The van der Waals surface area contributed by atoms with Gasteiger partial charge in [-0.1, -0.05) is 36.1 Å². The van der Waals surface area contributed by atoms with Crippen LogP contribution in [0.3, 0.4) is 0 Å². The number of aryl methyl sites for hydroxylation is 1. The number of phenols is 2. The van der Waals surface area contributed by atoms with Crippen LogP contribution in [0.1, 0.15) is 24.3 Å². The number of thiazole rings is 1. The van der Waals surface area contributed by atoms with Crippen molar-refractivity contribution in [3.63, 3.8) is 0 Å². The van der Waals surface area contributed by atoms with Crippen molar-refractivity contribution in [2.24, 2.45) is 11.8 Å². The predicted molar refractivity (Wildman–Crippen MR) is 141 cm³/mol. The molecule has 11 nitrogen and oxygen atoms in total. The molecule has 39 heavy (non-hydrogen) atoms. The topological polar surface area (TPSA) is 164 Å². The Labute approximate surface area is 232 Å². The molecule has 4 heterocycles. The zero-order valence-electron chi connectivity index (χ0n) is 21.3. The van der Waals surface area contributed by atoms with E-state index in [9.17, 15) is 38.4 Å². The van der Waals surface area contributed by atoms with Gasteiger partial charge in [-0.05, 0) is 30.9 Å². The predicted octanol–water partition coefficient (Wildman–Crippen LogP) is 0.355. The Morgan fingerprint density at radius 2 is 2.00 bits per heavy atom. The summed E-state index contributed by atoms with van der Waals surface area (Å²) in [5.74, 6) is -4.01. The van der Waals surface area contributed by atoms with Crippen LogP contribution in [0.4, 0.5) is 0 Å². The van der Waals surface area contributed by atoms with Gasteiger partial charge in [0.05, 0.1) is 46.1 Å². The molecule has 208 valence electrons. The summed E-state index contributed by atoms with van der Waals surface area (Å²) < 4.78 is 29.2. The van der Waals surface area contributed by atoms with E-state index in [0.29, 0.717) is 16.0 Å². The maximum atomic E-state index is 12.8. The second-order valence-electron chi connectivity index (χ2n) is 9.84.